The molecule has 128 valence electrons. The van der Waals surface area contributed by atoms with Crippen molar-refractivity contribution in [2.24, 2.45) is 0 Å². The van der Waals surface area contributed by atoms with E-state index >= 15 is 0 Å². The summed E-state index contributed by atoms with van der Waals surface area (Å²) < 4.78 is 38.5. The van der Waals surface area contributed by atoms with Gasteiger partial charge >= 0.3 is 0 Å². The molecule has 0 radical (unpaired) electrons. The van der Waals surface area contributed by atoms with Crippen LogP contribution in [0, 0.1) is 5.82 Å². The van der Waals surface area contributed by atoms with Crippen molar-refractivity contribution in [3.8, 4) is 0 Å². The molecule has 0 saturated carbocycles. The van der Waals surface area contributed by atoms with Crippen LogP contribution in [0.25, 0.3) is 0 Å². The maximum Gasteiger partial charge on any atom is 0.286 e. The molecule has 1 aliphatic rings. The molecule has 1 amide bonds. The fraction of sp³-hybridized carbons (Fsp3) is 0.357. The van der Waals surface area contributed by atoms with E-state index in [9.17, 15) is 17.6 Å². The Kier molecular flexibility index (Phi) is 4.61. The molecule has 1 fully saturated rings. The summed E-state index contributed by atoms with van der Waals surface area (Å²) in [4.78, 5) is 12.2. The first-order valence-electron chi connectivity index (χ1n) is 7.22. The van der Waals surface area contributed by atoms with E-state index < -0.39 is 27.8 Å². The van der Waals surface area contributed by atoms with Crippen molar-refractivity contribution in [1.29, 1.82) is 0 Å². The quantitative estimate of drug-likeness (QED) is 0.889. The van der Waals surface area contributed by atoms with Gasteiger partial charge in [-0.1, -0.05) is 23.5 Å². The Labute approximate surface area is 142 Å². The Bertz CT molecular complexity index is 868. The van der Waals surface area contributed by atoms with Crippen LogP contribution in [-0.4, -0.2) is 41.6 Å². The summed E-state index contributed by atoms with van der Waals surface area (Å²) in [5, 5.41) is 10.7. The second kappa shape index (κ2) is 6.54. The van der Waals surface area contributed by atoms with Crippen LogP contribution in [0.3, 0.4) is 0 Å². The highest BCUT2D eigenvalue weighted by atomic mass is 32.2. The number of sulfonamides is 1. The van der Waals surface area contributed by atoms with Crippen LogP contribution in [0.15, 0.2) is 24.3 Å². The summed E-state index contributed by atoms with van der Waals surface area (Å²) in [5.41, 5.74) is 0.0536. The average Bonchev–Trinajstić information content (AvgIpc) is 3.17. The third kappa shape index (κ3) is 3.45. The highest BCUT2D eigenvalue weighted by molar-refractivity contribution is 7.88. The van der Waals surface area contributed by atoms with Gasteiger partial charge in [0, 0.05) is 6.54 Å². The minimum Gasteiger partial charge on any atom is -0.317 e. The zero-order chi connectivity index (χ0) is 17.3. The maximum atomic E-state index is 13.6. The lowest BCUT2D eigenvalue weighted by Gasteiger charge is -2.19. The predicted octanol–water partition coefficient (Wildman–Crippen LogP) is 2.03. The first-order valence-corrected chi connectivity index (χ1v) is 9.89. The summed E-state index contributed by atoms with van der Waals surface area (Å²) >= 11 is 1.02. The summed E-state index contributed by atoms with van der Waals surface area (Å²) in [6, 6.07) is 5.41. The number of benzene rings is 1. The summed E-state index contributed by atoms with van der Waals surface area (Å²) in [5.74, 6) is -1.12. The molecule has 2 heterocycles. The molecule has 1 aliphatic heterocycles. The number of hydrogen-bond acceptors (Lipinski definition) is 6. The van der Waals surface area contributed by atoms with Crippen LogP contribution in [0.2, 0.25) is 0 Å². The largest absolute Gasteiger partial charge is 0.317 e. The number of aromatic nitrogens is 2. The number of carbonyl (C=O) groups is 1. The summed E-state index contributed by atoms with van der Waals surface area (Å²) in [6.45, 7) is 0.430. The lowest BCUT2D eigenvalue weighted by Crippen LogP contribution is -2.29. The van der Waals surface area contributed by atoms with E-state index in [1.807, 2.05) is 0 Å². The van der Waals surface area contributed by atoms with E-state index in [1.54, 1.807) is 6.07 Å². The minimum absolute atomic E-state index is 0.0536. The number of halogens is 1. The molecule has 0 unspecified atom stereocenters. The zero-order valence-electron chi connectivity index (χ0n) is 12.8. The van der Waals surface area contributed by atoms with Gasteiger partial charge in [0.2, 0.25) is 15.0 Å². The normalized spacial score (nSPS) is 18.7. The first kappa shape index (κ1) is 16.9. The number of carbonyl (C=O) groups excluding carboxylic acids is 1. The van der Waals surface area contributed by atoms with Gasteiger partial charge in [-0.3, -0.25) is 4.79 Å². The number of nitrogens with zero attached hydrogens (tertiary/aromatic N) is 3. The number of hydrogen-bond donors (Lipinski definition) is 1. The van der Waals surface area contributed by atoms with Gasteiger partial charge in [0.1, 0.15) is 10.8 Å². The standard InChI is InChI=1S/C14H15FN4O3S2/c1-24(21,22)19-8-4-7-11(19)13-17-18-14(23-13)12(20)16-10-6-3-2-5-9(10)15/h2-3,5-6,11H,4,7-8H2,1H3,(H,16,20)/t11-/m0/s1. The van der Waals surface area contributed by atoms with E-state index in [0.29, 0.717) is 18.0 Å². The second-order valence-electron chi connectivity index (χ2n) is 5.41. The lowest BCUT2D eigenvalue weighted by atomic mass is 10.2. The molecule has 1 saturated heterocycles. The topological polar surface area (TPSA) is 92.3 Å². The molecule has 7 nitrogen and oxygen atoms in total. The molecule has 1 atom stereocenters. The monoisotopic (exact) mass is 370 g/mol. The van der Waals surface area contributed by atoms with Crippen LogP contribution in [0.1, 0.15) is 33.7 Å². The molecular weight excluding hydrogens is 355 g/mol. The number of amides is 1. The maximum absolute atomic E-state index is 13.6. The molecule has 2 aromatic rings. The molecule has 0 spiro atoms. The van der Waals surface area contributed by atoms with Crippen molar-refractivity contribution in [2.75, 3.05) is 18.1 Å². The van der Waals surface area contributed by atoms with E-state index in [4.69, 9.17) is 0 Å². The second-order valence-corrected chi connectivity index (χ2v) is 8.36. The highest BCUT2D eigenvalue weighted by Gasteiger charge is 2.35. The number of para-hydroxylation sites is 1. The number of anilines is 1. The van der Waals surface area contributed by atoms with Crippen molar-refractivity contribution < 1.29 is 17.6 Å². The van der Waals surface area contributed by atoms with E-state index in [0.717, 1.165) is 24.0 Å². The van der Waals surface area contributed by atoms with Gasteiger partial charge in [-0.25, -0.2) is 12.8 Å². The van der Waals surface area contributed by atoms with Gasteiger partial charge in [0.25, 0.3) is 5.91 Å². The Morgan fingerprint density at radius 2 is 2.12 bits per heavy atom. The fourth-order valence-corrected chi connectivity index (χ4v) is 4.66. The molecule has 0 aliphatic carbocycles. The van der Waals surface area contributed by atoms with Gasteiger partial charge in [0.15, 0.2) is 0 Å². The van der Waals surface area contributed by atoms with Gasteiger partial charge in [-0.2, -0.15) is 4.31 Å². The van der Waals surface area contributed by atoms with Gasteiger partial charge in [-0.05, 0) is 25.0 Å². The Morgan fingerprint density at radius 3 is 2.83 bits per heavy atom. The van der Waals surface area contributed by atoms with Crippen molar-refractivity contribution in [1.82, 2.24) is 14.5 Å². The fourth-order valence-electron chi connectivity index (χ4n) is 2.58. The molecule has 1 aromatic heterocycles. The van der Waals surface area contributed by atoms with Crippen LogP contribution in [0.4, 0.5) is 10.1 Å². The van der Waals surface area contributed by atoms with E-state index in [2.05, 4.69) is 15.5 Å². The minimum atomic E-state index is -3.34. The van der Waals surface area contributed by atoms with Crippen molar-refractivity contribution in [3.05, 3.63) is 40.1 Å². The lowest BCUT2D eigenvalue weighted by molar-refractivity contribution is 0.102. The zero-order valence-corrected chi connectivity index (χ0v) is 14.4. The van der Waals surface area contributed by atoms with Crippen LogP contribution in [-0.2, 0) is 10.0 Å². The molecule has 10 heteroatoms. The Morgan fingerprint density at radius 1 is 1.38 bits per heavy atom. The van der Waals surface area contributed by atoms with E-state index in [1.165, 1.54) is 22.5 Å². The number of nitrogens with one attached hydrogen (secondary N) is 1. The SMILES string of the molecule is CS(=O)(=O)N1CCC[C@H]1c1nnc(C(=O)Nc2ccccc2F)s1. The highest BCUT2D eigenvalue weighted by Crippen LogP contribution is 2.35. The summed E-state index contributed by atoms with van der Waals surface area (Å²) in [7, 11) is -3.34. The number of rotatable bonds is 4. The molecular formula is C14H15FN4O3S2. The van der Waals surface area contributed by atoms with Crippen LogP contribution >= 0.6 is 11.3 Å². The van der Waals surface area contributed by atoms with Crippen LogP contribution < -0.4 is 5.32 Å². The van der Waals surface area contributed by atoms with E-state index in [-0.39, 0.29) is 10.7 Å². The van der Waals surface area contributed by atoms with Crippen LogP contribution in [0.5, 0.6) is 0 Å². The third-order valence-corrected chi connectivity index (χ3v) is 5.98. The molecule has 24 heavy (non-hydrogen) atoms. The third-order valence-electron chi connectivity index (χ3n) is 3.67. The Balaban J connectivity index is 1.78. The average molecular weight is 370 g/mol. The molecule has 3 rings (SSSR count). The summed E-state index contributed by atoms with van der Waals surface area (Å²) in [6.07, 6.45) is 2.52. The van der Waals surface area contributed by atoms with Gasteiger partial charge in [-0.15, -0.1) is 10.2 Å². The Hall–Kier alpha value is -1.91. The van der Waals surface area contributed by atoms with Gasteiger partial charge < -0.3 is 5.32 Å². The molecule has 1 aromatic carbocycles. The predicted molar refractivity (Wildman–Crippen MR) is 87.8 cm³/mol. The van der Waals surface area contributed by atoms with Crippen molar-refractivity contribution in [2.45, 2.75) is 18.9 Å². The van der Waals surface area contributed by atoms with Crippen molar-refractivity contribution >= 4 is 33.0 Å². The molecule has 1 N–H and O–H groups in total. The van der Waals surface area contributed by atoms with Crippen molar-refractivity contribution in [3.63, 3.8) is 0 Å². The molecule has 0 bridgehead atoms. The smallest absolute Gasteiger partial charge is 0.286 e. The van der Waals surface area contributed by atoms with Gasteiger partial charge in [0.05, 0.1) is 18.0 Å². The first-order chi connectivity index (χ1) is 11.4.